The van der Waals surface area contributed by atoms with Crippen LogP contribution in [0.1, 0.15) is 12.8 Å². The summed E-state index contributed by atoms with van der Waals surface area (Å²) < 4.78 is 12.7. The number of rotatable bonds is 1. The van der Waals surface area contributed by atoms with Gasteiger partial charge in [-0.15, -0.1) is 3.71 Å². The summed E-state index contributed by atoms with van der Waals surface area (Å²) in [6.07, 6.45) is 2.42. The Kier molecular flexibility index (Phi) is 1.99. The first-order valence-electron chi connectivity index (χ1n) is 3.48. The van der Waals surface area contributed by atoms with Crippen LogP contribution >= 0.6 is 11.0 Å². The van der Waals surface area contributed by atoms with Crippen molar-refractivity contribution in [3.05, 3.63) is 0 Å². The molecule has 0 aliphatic carbocycles. The highest BCUT2D eigenvalue weighted by Crippen LogP contribution is 2.40. The molecule has 2 rings (SSSR count). The van der Waals surface area contributed by atoms with Gasteiger partial charge >= 0.3 is 0 Å². The van der Waals surface area contributed by atoms with E-state index in [2.05, 4.69) is 5.32 Å². The maximum Gasteiger partial charge on any atom is 0.184 e. The fourth-order valence-corrected chi connectivity index (χ4v) is 3.32. The molecule has 2 fully saturated rings. The van der Waals surface area contributed by atoms with E-state index in [0.717, 1.165) is 13.1 Å². The Morgan fingerprint density at radius 1 is 1.70 bits per heavy atom. The molecule has 2 heterocycles. The Hall–Kier alpha value is 0.420. The molecule has 0 aromatic carbocycles. The van der Waals surface area contributed by atoms with Crippen molar-refractivity contribution < 1.29 is 4.21 Å². The monoisotopic (exact) mass is 178 g/mol. The molecular weight excluding hydrogens is 168 g/mol. The molecule has 0 spiro atoms. The average Bonchev–Trinajstić information content (AvgIpc) is 2.69. The molecule has 58 valence electrons. The fourth-order valence-electron chi connectivity index (χ4n) is 1.25. The van der Waals surface area contributed by atoms with Gasteiger partial charge in [-0.05, 0) is 19.4 Å². The predicted molar refractivity (Wildman–Crippen MR) is 43.5 cm³/mol. The zero-order valence-corrected chi connectivity index (χ0v) is 7.21. The molecule has 0 amide bonds. The highest BCUT2D eigenvalue weighted by Gasteiger charge is 2.39. The molecule has 2 aliphatic rings. The third-order valence-electron chi connectivity index (χ3n) is 1.83. The van der Waals surface area contributed by atoms with E-state index in [1.54, 1.807) is 0 Å². The zero-order chi connectivity index (χ0) is 6.97. The highest BCUT2D eigenvalue weighted by molar-refractivity contribution is 8.81. The Balaban J connectivity index is 1.86. The van der Waals surface area contributed by atoms with E-state index in [-0.39, 0.29) is 0 Å². The minimum absolute atomic E-state index is 0.527. The van der Waals surface area contributed by atoms with Gasteiger partial charge in [0.15, 0.2) is 10.0 Å². The Labute approximate surface area is 66.7 Å². The molecule has 2 saturated heterocycles. The first-order valence-corrected chi connectivity index (χ1v) is 5.88. The third-order valence-corrected chi connectivity index (χ3v) is 4.29. The van der Waals surface area contributed by atoms with Gasteiger partial charge in [0.1, 0.15) is 0 Å². The van der Waals surface area contributed by atoms with Gasteiger partial charge in [0, 0.05) is 12.6 Å². The Bertz CT molecular complexity index is 158. The maximum absolute atomic E-state index is 10.8. The lowest BCUT2D eigenvalue weighted by Gasteiger charge is -2.20. The predicted octanol–water partition coefficient (Wildman–Crippen LogP) is 0.281. The standard InChI is InChI=1S/C5H10N2OS2/c8-10-7(9-10)5-2-1-3-6-4-5/h5-6H,1-4H2. The van der Waals surface area contributed by atoms with E-state index in [1.807, 2.05) is 3.71 Å². The van der Waals surface area contributed by atoms with Crippen LogP contribution in [0.25, 0.3) is 0 Å². The number of nitrogens with zero attached hydrogens (tertiary/aromatic N) is 1. The molecule has 5 heteroatoms. The number of hydrogen-bond acceptors (Lipinski definition) is 3. The van der Waals surface area contributed by atoms with Gasteiger partial charge in [-0.1, -0.05) is 0 Å². The summed E-state index contributed by atoms with van der Waals surface area (Å²) >= 11 is 0. The number of piperidine rings is 1. The van der Waals surface area contributed by atoms with E-state index in [9.17, 15) is 4.21 Å². The number of nitrogens with one attached hydrogen (secondary N) is 1. The van der Waals surface area contributed by atoms with Gasteiger partial charge in [0.25, 0.3) is 0 Å². The van der Waals surface area contributed by atoms with Crippen LogP contribution in [0.4, 0.5) is 0 Å². The summed E-state index contributed by atoms with van der Waals surface area (Å²) in [6.45, 7) is 2.14. The highest BCUT2D eigenvalue weighted by atomic mass is 33.2. The SMILES string of the molecule is O=S1SN1C1CCCNC1. The molecule has 0 bridgehead atoms. The van der Waals surface area contributed by atoms with Crippen LogP contribution in [0, 0.1) is 0 Å². The van der Waals surface area contributed by atoms with Crippen molar-refractivity contribution in [1.29, 1.82) is 0 Å². The summed E-state index contributed by atoms with van der Waals surface area (Å²) in [5.74, 6) is 0. The summed E-state index contributed by atoms with van der Waals surface area (Å²) in [6, 6.07) is 0.527. The van der Waals surface area contributed by atoms with Crippen molar-refractivity contribution >= 4 is 21.0 Å². The van der Waals surface area contributed by atoms with Crippen molar-refractivity contribution in [3.63, 3.8) is 0 Å². The van der Waals surface area contributed by atoms with E-state index >= 15 is 0 Å². The Morgan fingerprint density at radius 2 is 2.50 bits per heavy atom. The van der Waals surface area contributed by atoms with Gasteiger partial charge in [0.05, 0.1) is 11.0 Å². The molecular formula is C5H10N2OS2. The molecule has 0 radical (unpaired) electrons. The van der Waals surface area contributed by atoms with Crippen LogP contribution in [-0.4, -0.2) is 27.1 Å². The second-order valence-electron chi connectivity index (χ2n) is 2.58. The van der Waals surface area contributed by atoms with Crippen molar-refractivity contribution in [2.45, 2.75) is 18.9 Å². The van der Waals surface area contributed by atoms with E-state index in [0.29, 0.717) is 6.04 Å². The quantitative estimate of drug-likeness (QED) is 0.355. The Morgan fingerprint density at radius 3 is 3.00 bits per heavy atom. The molecule has 0 saturated carbocycles. The van der Waals surface area contributed by atoms with Gasteiger partial charge in [-0.25, -0.2) is 4.21 Å². The number of hydrogen-bond donors (Lipinski definition) is 1. The van der Waals surface area contributed by atoms with Crippen LogP contribution in [0.5, 0.6) is 0 Å². The maximum atomic E-state index is 10.8. The van der Waals surface area contributed by atoms with Crippen LogP contribution in [0.3, 0.4) is 0 Å². The fraction of sp³-hybridized carbons (Fsp3) is 1.00. The first kappa shape index (κ1) is 7.09. The smallest absolute Gasteiger partial charge is 0.184 e. The summed E-state index contributed by atoms with van der Waals surface area (Å²) in [5.41, 5.74) is 0. The van der Waals surface area contributed by atoms with Crippen molar-refractivity contribution in [2.75, 3.05) is 13.1 Å². The molecule has 3 nitrogen and oxygen atoms in total. The molecule has 3 atom stereocenters. The first-order chi connectivity index (χ1) is 4.88. The van der Waals surface area contributed by atoms with Gasteiger partial charge < -0.3 is 5.32 Å². The lowest BCUT2D eigenvalue weighted by Crippen LogP contribution is -2.37. The average molecular weight is 178 g/mol. The van der Waals surface area contributed by atoms with Crippen LogP contribution < -0.4 is 5.32 Å². The van der Waals surface area contributed by atoms with Gasteiger partial charge in [0.2, 0.25) is 0 Å². The molecule has 10 heavy (non-hydrogen) atoms. The molecule has 1 N–H and O–H groups in total. The lowest BCUT2D eigenvalue weighted by atomic mass is 10.1. The van der Waals surface area contributed by atoms with Crippen LogP contribution in [0.2, 0.25) is 0 Å². The minimum atomic E-state index is -0.686. The third kappa shape index (κ3) is 1.37. The van der Waals surface area contributed by atoms with Crippen molar-refractivity contribution in [3.8, 4) is 0 Å². The largest absolute Gasteiger partial charge is 0.315 e. The van der Waals surface area contributed by atoms with E-state index < -0.39 is 10.0 Å². The van der Waals surface area contributed by atoms with Crippen LogP contribution in [0.15, 0.2) is 0 Å². The van der Waals surface area contributed by atoms with Crippen LogP contribution in [-0.2, 0) is 10.0 Å². The minimum Gasteiger partial charge on any atom is -0.315 e. The molecule has 0 aromatic heterocycles. The van der Waals surface area contributed by atoms with Crippen molar-refractivity contribution in [2.24, 2.45) is 0 Å². The summed E-state index contributed by atoms with van der Waals surface area (Å²) in [7, 11) is 0.777. The summed E-state index contributed by atoms with van der Waals surface area (Å²) in [4.78, 5) is 0. The second-order valence-corrected chi connectivity index (χ2v) is 5.48. The van der Waals surface area contributed by atoms with Gasteiger partial charge in [-0.2, -0.15) is 0 Å². The summed E-state index contributed by atoms with van der Waals surface area (Å²) in [5, 5.41) is 3.29. The van der Waals surface area contributed by atoms with Gasteiger partial charge in [-0.3, -0.25) is 0 Å². The zero-order valence-electron chi connectivity index (χ0n) is 5.58. The van der Waals surface area contributed by atoms with Crippen molar-refractivity contribution in [1.82, 2.24) is 9.03 Å². The normalized spacial score (nSPS) is 47.0. The molecule has 2 aliphatic heterocycles. The molecule has 0 aromatic rings. The van der Waals surface area contributed by atoms with E-state index in [4.69, 9.17) is 0 Å². The van der Waals surface area contributed by atoms with E-state index in [1.165, 1.54) is 23.8 Å². The second kappa shape index (κ2) is 2.81. The topological polar surface area (TPSA) is 32.1 Å². The lowest BCUT2D eigenvalue weighted by molar-refractivity contribution is 0.385. The molecule has 3 unspecified atom stereocenters.